The number of nitrogens with one attached hydrogen (secondary N) is 1. The van der Waals surface area contributed by atoms with Crippen LogP contribution in [0, 0.1) is 27.7 Å². The Hall–Kier alpha value is -3.65. The van der Waals surface area contributed by atoms with Crippen molar-refractivity contribution >= 4 is 23.3 Å². The van der Waals surface area contributed by atoms with Crippen LogP contribution in [-0.2, 0) is 6.61 Å². The van der Waals surface area contributed by atoms with Gasteiger partial charge in [-0.15, -0.1) is 10.2 Å². The van der Waals surface area contributed by atoms with Gasteiger partial charge >= 0.3 is 0 Å². The van der Waals surface area contributed by atoms with Crippen LogP contribution in [0.25, 0.3) is 5.69 Å². The van der Waals surface area contributed by atoms with Gasteiger partial charge in [0.2, 0.25) is 0 Å². The summed E-state index contributed by atoms with van der Waals surface area (Å²) < 4.78 is 8.06. The van der Waals surface area contributed by atoms with Crippen LogP contribution in [0.1, 0.15) is 56.0 Å². The van der Waals surface area contributed by atoms with Crippen LogP contribution in [0.4, 0.5) is 0 Å². The van der Waals surface area contributed by atoms with Crippen molar-refractivity contribution in [3.05, 3.63) is 88.0 Å². The van der Waals surface area contributed by atoms with Gasteiger partial charge in [-0.1, -0.05) is 48.2 Å². The number of ketones is 2. The van der Waals surface area contributed by atoms with E-state index in [0.717, 1.165) is 22.6 Å². The summed E-state index contributed by atoms with van der Waals surface area (Å²) in [7, 11) is 0. The van der Waals surface area contributed by atoms with Crippen LogP contribution in [-0.4, -0.2) is 37.1 Å². The van der Waals surface area contributed by atoms with Gasteiger partial charge in [-0.2, -0.15) is 0 Å². The summed E-state index contributed by atoms with van der Waals surface area (Å²) in [5, 5.41) is 9.34. The Morgan fingerprint density at radius 1 is 0.971 bits per heavy atom. The van der Waals surface area contributed by atoms with Crippen LogP contribution < -0.4 is 4.74 Å². The number of aromatic amines is 1. The smallest absolute Gasteiger partial charge is 0.196 e. The first kappa shape index (κ1) is 24.5. The Bertz CT molecular complexity index is 1370. The van der Waals surface area contributed by atoms with Crippen LogP contribution in [0.15, 0.2) is 53.7 Å². The number of carbonyl (C=O) groups is 2. The average molecular weight is 489 g/mol. The van der Waals surface area contributed by atoms with Crippen molar-refractivity contribution in [3.63, 3.8) is 0 Å². The third-order valence-corrected chi connectivity index (χ3v) is 6.80. The van der Waals surface area contributed by atoms with E-state index in [-0.39, 0.29) is 23.9 Å². The van der Waals surface area contributed by atoms with Gasteiger partial charge in [-0.25, -0.2) is 0 Å². The molecule has 0 atom stereocenters. The molecule has 4 aromatic rings. The van der Waals surface area contributed by atoms with E-state index < -0.39 is 0 Å². The molecule has 0 spiro atoms. The number of aryl methyl sites for hydroxylation is 3. The van der Waals surface area contributed by atoms with Gasteiger partial charge in [0.25, 0.3) is 0 Å². The first-order valence-electron chi connectivity index (χ1n) is 11.3. The molecule has 7 nitrogen and oxygen atoms in total. The number of hydrogen-bond acceptors (Lipinski definition) is 6. The van der Waals surface area contributed by atoms with Crippen LogP contribution >= 0.6 is 11.8 Å². The topological polar surface area (TPSA) is 89.9 Å². The summed E-state index contributed by atoms with van der Waals surface area (Å²) >= 11 is 1.31. The molecule has 0 bridgehead atoms. The molecule has 0 saturated heterocycles. The SMILES string of the molecule is CC(=O)c1c(C)[nH]c(C(=O)CSc2nnc(COc3c(C)cccc3C)n2-c2ccccc2)c1C. The largest absolute Gasteiger partial charge is 0.485 e. The van der Waals surface area contributed by atoms with E-state index in [1.165, 1.54) is 18.7 Å². The molecule has 8 heteroatoms. The number of hydrogen-bond donors (Lipinski definition) is 1. The predicted molar refractivity (Wildman–Crippen MR) is 137 cm³/mol. The molecule has 0 radical (unpaired) electrons. The molecule has 2 aromatic heterocycles. The molecule has 0 amide bonds. The fourth-order valence-electron chi connectivity index (χ4n) is 4.25. The standard InChI is InChI=1S/C27H28N4O3S/c1-16-10-9-11-17(2)26(16)34-14-23-29-30-27(31(23)21-12-7-6-8-13-21)35-15-22(33)25-18(3)24(20(5)32)19(4)28-25/h6-13,28H,14-15H2,1-5H3. The van der Waals surface area contributed by atoms with Crippen molar-refractivity contribution in [1.82, 2.24) is 19.7 Å². The summed E-state index contributed by atoms with van der Waals surface area (Å²) in [6.07, 6.45) is 0. The highest BCUT2D eigenvalue weighted by Gasteiger charge is 2.22. The Morgan fingerprint density at radius 2 is 1.66 bits per heavy atom. The molecule has 35 heavy (non-hydrogen) atoms. The minimum Gasteiger partial charge on any atom is -0.485 e. The van der Waals surface area contributed by atoms with Gasteiger partial charge in [0.1, 0.15) is 12.4 Å². The predicted octanol–water partition coefficient (Wildman–Crippen LogP) is 5.59. The van der Waals surface area contributed by atoms with Crippen LogP contribution in [0.5, 0.6) is 5.75 Å². The van der Waals surface area contributed by atoms with E-state index in [2.05, 4.69) is 15.2 Å². The monoisotopic (exact) mass is 488 g/mol. The summed E-state index contributed by atoms with van der Waals surface area (Å²) in [4.78, 5) is 28.0. The third-order valence-electron chi connectivity index (χ3n) is 5.87. The summed E-state index contributed by atoms with van der Waals surface area (Å²) in [5.41, 5.74) is 5.43. The molecule has 4 rings (SSSR count). The maximum absolute atomic E-state index is 13.0. The number of thioether (sulfide) groups is 1. The zero-order valence-corrected chi connectivity index (χ0v) is 21.3. The lowest BCUT2D eigenvalue weighted by Crippen LogP contribution is -2.09. The lowest BCUT2D eigenvalue weighted by molar-refractivity contribution is 0.101. The van der Waals surface area contributed by atoms with E-state index in [0.29, 0.717) is 33.5 Å². The highest BCUT2D eigenvalue weighted by atomic mass is 32.2. The third kappa shape index (κ3) is 5.07. The molecule has 0 aliphatic heterocycles. The fourth-order valence-corrected chi connectivity index (χ4v) is 5.09. The van der Waals surface area contributed by atoms with Crippen molar-refractivity contribution < 1.29 is 14.3 Å². The van der Waals surface area contributed by atoms with E-state index in [1.54, 1.807) is 6.92 Å². The second kappa shape index (κ2) is 10.3. The summed E-state index contributed by atoms with van der Waals surface area (Å²) in [5.74, 6) is 1.47. The maximum Gasteiger partial charge on any atom is 0.196 e. The molecule has 0 fully saturated rings. The van der Waals surface area contributed by atoms with Crippen molar-refractivity contribution in [2.75, 3.05) is 5.75 Å². The molecular formula is C27H28N4O3S. The highest BCUT2D eigenvalue weighted by Crippen LogP contribution is 2.27. The molecular weight excluding hydrogens is 460 g/mol. The summed E-state index contributed by atoms with van der Waals surface area (Å²) in [6, 6.07) is 15.8. The quantitative estimate of drug-likeness (QED) is 0.244. The number of rotatable bonds is 9. The first-order chi connectivity index (χ1) is 16.8. The molecule has 2 heterocycles. The second-order valence-corrected chi connectivity index (χ2v) is 9.41. The number of aromatic nitrogens is 4. The molecule has 0 aliphatic rings. The van der Waals surface area contributed by atoms with Gasteiger partial charge < -0.3 is 9.72 Å². The Labute approximate surface area is 208 Å². The van der Waals surface area contributed by atoms with E-state index >= 15 is 0 Å². The van der Waals surface area contributed by atoms with Crippen molar-refractivity contribution in [1.29, 1.82) is 0 Å². The second-order valence-electron chi connectivity index (χ2n) is 8.47. The molecule has 2 aromatic carbocycles. The Kier molecular flexibility index (Phi) is 7.21. The van der Waals surface area contributed by atoms with Gasteiger partial charge in [-0.05, 0) is 63.4 Å². The minimum absolute atomic E-state index is 0.0553. The van der Waals surface area contributed by atoms with E-state index in [4.69, 9.17) is 4.74 Å². The first-order valence-corrected chi connectivity index (χ1v) is 12.3. The number of para-hydroxylation sites is 2. The van der Waals surface area contributed by atoms with E-state index in [1.807, 2.05) is 73.9 Å². The zero-order valence-electron chi connectivity index (χ0n) is 20.5. The average Bonchev–Trinajstić information content (AvgIpc) is 3.37. The van der Waals surface area contributed by atoms with Crippen LogP contribution in [0.3, 0.4) is 0 Å². The highest BCUT2D eigenvalue weighted by molar-refractivity contribution is 7.99. The zero-order chi connectivity index (χ0) is 25.1. The van der Waals surface area contributed by atoms with Gasteiger partial charge in [0.05, 0.1) is 11.4 Å². The van der Waals surface area contributed by atoms with Gasteiger partial charge in [-0.3, -0.25) is 14.2 Å². The Morgan fingerprint density at radius 3 is 2.29 bits per heavy atom. The Balaban J connectivity index is 1.59. The summed E-state index contributed by atoms with van der Waals surface area (Å²) in [6.45, 7) is 9.38. The molecule has 180 valence electrons. The lowest BCUT2D eigenvalue weighted by Gasteiger charge is -2.13. The van der Waals surface area contributed by atoms with Gasteiger partial charge in [0.15, 0.2) is 22.5 Å². The molecule has 0 aliphatic carbocycles. The minimum atomic E-state index is -0.0981. The normalized spacial score (nSPS) is 11.0. The molecule has 0 saturated carbocycles. The van der Waals surface area contributed by atoms with Crippen molar-refractivity contribution in [3.8, 4) is 11.4 Å². The van der Waals surface area contributed by atoms with Crippen molar-refractivity contribution in [2.45, 2.75) is 46.4 Å². The fraction of sp³-hybridized carbons (Fsp3) is 0.259. The number of H-pyrrole nitrogens is 1. The number of benzene rings is 2. The molecule has 0 unspecified atom stereocenters. The number of Topliss-reactive ketones (excluding diaryl/α,β-unsaturated/α-hetero) is 2. The van der Waals surface area contributed by atoms with E-state index in [9.17, 15) is 9.59 Å². The number of carbonyl (C=O) groups excluding carboxylic acids is 2. The maximum atomic E-state index is 13.0. The molecule has 1 N–H and O–H groups in total. The van der Waals surface area contributed by atoms with Gasteiger partial charge in [0, 0.05) is 16.9 Å². The van der Waals surface area contributed by atoms with Crippen LogP contribution in [0.2, 0.25) is 0 Å². The lowest BCUT2D eigenvalue weighted by atomic mass is 10.1. The number of nitrogens with zero attached hydrogens (tertiary/aromatic N) is 3. The number of ether oxygens (including phenoxy) is 1. The van der Waals surface area contributed by atoms with Crippen molar-refractivity contribution in [2.24, 2.45) is 0 Å².